The van der Waals surface area contributed by atoms with Crippen molar-refractivity contribution in [3.63, 3.8) is 0 Å². The van der Waals surface area contributed by atoms with Gasteiger partial charge in [-0.25, -0.2) is 0 Å². The van der Waals surface area contributed by atoms with Crippen molar-refractivity contribution in [1.82, 2.24) is 4.42 Å². The Morgan fingerprint density at radius 2 is 2.17 bits per heavy atom. The Hall–Kier alpha value is 0.210. The first-order valence-electron chi connectivity index (χ1n) is 4.52. The summed E-state index contributed by atoms with van der Waals surface area (Å²) in [5.41, 5.74) is -0.0839. The van der Waals surface area contributed by atoms with Gasteiger partial charge in [-0.1, -0.05) is 18.3 Å². The van der Waals surface area contributed by atoms with Gasteiger partial charge in [-0.3, -0.25) is 0 Å². The molecule has 1 saturated heterocycles. The molecular formula is C9H18ClNO+. The van der Waals surface area contributed by atoms with Crippen molar-refractivity contribution >= 4 is 11.8 Å². The third kappa shape index (κ3) is 2.12. The molecule has 71 valence electrons. The van der Waals surface area contributed by atoms with Crippen molar-refractivity contribution in [3.8, 4) is 0 Å². The van der Waals surface area contributed by atoms with Crippen molar-refractivity contribution in [1.29, 1.82) is 0 Å². The van der Waals surface area contributed by atoms with Gasteiger partial charge in [0.15, 0.2) is 13.1 Å². The van der Waals surface area contributed by atoms with Crippen molar-refractivity contribution in [3.05, 3.63) is 0 Å². The predicted molar refractivity (Wildman–Crippen MR) is 51.5 cm³/mol. The van der Waals surface area contributed by atoms with Crippen molar-refractivity contribution in [2.45, 2.75) is 39.4 Å². The smallest absolute Gasteiger partial charge is 0.225 e. The summed E-state index contributed by atoms with van der Waals surface area (Å²) in [5.74, 6) is 0.501. The topological polar surface area (TPSA) is 15.1 Å². The van der Waals surface area contributed by atoms with Gasteiger partial charge >= 0.3 is 0 Å². The van der Waals surface area contributed by atoms with Crippen molar-refractivity contribution < 1.29 is 4.74 Å². The minimum Gasteiger partial charge on any atom is -0.360 e. The van der Waals surface area contributed by atoms with E-state index in [1.807, 2.05) is 4.42 Å². The molecule has 1 heterocycles. The molecule has 3 heteroatoms. The van der Waals surface area contributed by atoms with Crippen LogP contribution in [0, 0.1) is 5.92 Å². The molecule has 1 fully saturated rings. The molecule has 0 unspecified atom stereocenters. The van der Waals surface area contributed by atoms with E-state index in [1.165, 1.54) is 0 Å². The molecule has 0 saturated carbocycles. The highest BCUT2D eigenvalue weighted by Gasteiger charge is 2.43. The van der Waals surface area contributed by atoms with Gasteiger partial charge in [0.05, 0.1) is 0 Å². The fourth-order valence-electron chi connectivity index (χ4n) is 1.54. The SMILES string of the molecule is CC(C)[C@@]1(C)C[N+](Cl)C[C@H](C)O1. The van der Waals surface area contributed by atoms with Crippen LogP contribution in [0.3, 0.4) is 0 Å². The Kier molecular flexibility index (Phi) is 3.02. The van der Waals surface area contributed by atoms with Crippen LogP contribution in [0.1, 0.15) is 27.7 Å². The fraction of sp³-hybridized carbons (Fsp3) is 1.00. The van der Waals surface area contributed by atoms with E-state index >= 15 is 0 Å². The molecule has 0 bridgehead atoms. The van der Waals surface area contributed by atoms with Crippen LogP contribution >= 0.6 is 11.8 Å². The Bertz CT molecular complexity index is 151. The number of hydrogen-bond donors (Lipinski definition) is 0. The molecule has 1 radical (unpaired) electrons. The van der Waals surface area contributed by atoms with Crippen molar-refractivity contribution in [2.75, 3.05) is 13.1 Å². The van der Waals surface area contributed by atoms with Crippen molar-refractivity contribution in [2.24, 2.45) is 5.92 Å². The Morgan fingerprint density at radius 3 is 2.58 bits per heavy atom. The fourth-order valence-corrected chi connectivity index (χ4v) is 1.97. The van der Waals surface area contributed by atoms with E-state index in [4.69, 9.17) is 16.5 Å². The van der Waals surface area contributed by atoms with Gasteiger partial charge in [-0.05, 0) is 19.8 Å². The monoisotopic (exact) mass is 191 g/mol. The van der Waals surface area contributed by atoms with E-state index in [9.17, 15) is 0 Å². The van der Waals surface area contributed by atoms with Crippen LogP contribution in [-0.4, -0.2) is 24.8 Å². The van der Waals surface area contributed by atoms with Gasteiger partial charge in [0.1, 0.15) is 11.7 Å². The van der Waals surface area contributed by atoms with Crippen LogP contribution < -0.4 is 4.42 Å². The Balaban J connectivity index is 2.65. The van der Waals surface area contributed by atoms with Gasteiger partial charge in [-0.15, -0.1) is 0 Å². The molecule has 1 aliphatic rings. The average molecular weight is 192 g/mol. The van der Waals surface area contributed by atoms with Crippen LogP contribution in [0.25, 0.3) is 0 Å². The second-order valence-corrected chi connectivity index (χ2v) is 4.68. The zero-order valence-electron chi connectivity index (χ0n) is 8.30. The van der Waals surface area contributed by atoms with Crippen LogP contribution in [0.2, 0.25) is 0 Å². The molecule has 0 spiro atoms. The first-order valence-corrected chi connectivity index (χ1v) is 4.86. The molecule has 0 aromatic carbocycles. The zero-order valence-corrected chi connectivity index (χ0v) is 9.06. The minimum absolute atomic E-state index is 0.0839. The van der Waals surface area contributed by atoms with Gasteiger partial charge in [0, 0.05) is 0 Å². The standard InChI is InChI=1S/C9H18ClNO/c1-7(2)9(4)6-11(10)5-8(3)12-9/h7-8H,5-6H2,1-4H3/q+1/t8-,9+/m0/s1. The van der Waals surface area contributed by atoms with E-state index in [-0.39, 0.29) is 11.7 Å². The molecule has 0 aromatic heterocycles. The van der Waals surface area contributed by atoms with Crippen LogP contribution in [0.5, 0.6) is 0 Å². The van der Waals surface area contributed by atoms with E-state index in [2.05, 4.69) is 27.7 Å². The van der Waals surface area contributed by atoms with E-state index < -0.39 is 0 Å². The molecule has 12 heavy (non-hydrogen) atoms. The number of morpholine rings is 1. The molecule has 0 aromatic rings. The lowest BCUT2D eigenvalue weighted by atomic mass is 9.90. The largest absolute Gasteiger partial charge is 0.360 e. The Morgan fingerprint density at radius 1 is 1.58 bits per heavy atom. The first-order chi connectivity index (χ1) is 5.44. The lowest BCUT2D eigenvalue weighted by Crippen LogP contribution is -2.55. The lowest BCUT2D eigenvalue weighted by molar-refractivity contribution is -0.129. The quantitative estimate of drug-likeness (QED) is 0.580. The van der Waals surface area contributed by atoms with E-state index in [0.29, 0.717) is 5.92 Å². The number of ether oxygens (including phenoxy) is 1. The molecule has 0 N–H and O–H groups in total. The number of halogens is 1. The first kappa shape index (κ1) is 10.3. The third-order valence-corrected chi connectivity index (χ3v) is 2.89. The van der Waals surface area contributed by atoms with Gasteiger partial charge in [0.25, 0.3) is 0 Å². The second-order valence-electron chi connectivity index (χ2n) is 4.20. The second kappa shape index (κ2) is 3.52. The maximum Gasteiger partial charge on any atom is 0.225 e. The molecule has 1 rings (SSSR count). The van der Waals surface area contributed by atoms with Crippen LogP contribution in [-0.2, 0) is 4.74 Å². The summed E-state index contributed by atoms with van der Waals surface area (Å²) in [6, 6.07) is 0. The molecule has 2 atom stereocenters. The van der Waals surface area contributed by atoms with E-state index in [1.54, 1.807) is 0 Å². The maximum absolute atomic E-state index is 5.99. The number of hydrogen-bond acceptors (Lipinski definition) is 2. The lowest BCUT2D eigenvalue weighted by Gasteiger charge is -2.37. The highest BCUT2D eigenvalue weighted by Crippen LogP contribution is 2.28. The molecule has 2 nitrogen and oxygen atoms in total. The average Bonchev–Trinajstić information content (AvgIpc) is 1.82. The summed E-state index contributed by atoms with van der Waals surface area (Å²) in [4.78, 5) is 0. The predicted octanol–water partition coefficient (Wildman–Crippen LogP) is 2.11. The van der Waals surface area contributed by atoms with Crippen LogP contribution in [0.4, 0.5) is 0 Å². The maximum atomic E-state index is 5.99. The number of nitrogens with zero attached hydrogens (tertiary/aromatic N) is 1. The molecule has 0 aliphatic carbocycles. The summed E-state index contributed by atoms with van der Waals surface area (Å²) in [6.45, 7) is 10.2. The minimum atomic E-state index is -0.0839. The normalized spacial score (nSPS) is 39.0. The highest BCUT2D eigenvalue weighted by molar-refractivity contribution is 6.15. The summed E-state index contributed by atoms with van der Waals surface area (Å²) in [7, 11) is 0. The molecule has 1 aliphatic heterocycles. The Labute approximate surface area is 79.9 Å². The molecule has 0 amide bonds. The third-order valence-electron chi connectivity index (χ3n) is 2.63. The number of rotatable bonds is 1. The summed E-state index contributed by atoms with van der Waals surface area (Å²) < 4.78 is 7.71. The van der Waals surface area contributed by atoms with Gasteiger partial charge in [-0.2, -0.15) is 0 Å². The highest BCUT2D eigenvalue weighted by atomic mass is 35.5. The van der Waals surface area contributed by atoms with Gasteiger partial charge in [0.2, 0.25) is 11.8 Å². The van der Waals surface area contributed by atoms with Crippen LogP contribution in [0.15, 0.2) is 0 Å². The van der Waals surface area contributed by atoms with Gasteiger partial charge < -0.3 is 4.74 Å². The van der Waals surface area contributed by atoms with E-state index in [0.717, 1.165) is 13.1 Å². The summed E-state index contributed by atoms with van der Waals surface area (Å²) in [6.07, 6.45) is 0.239. The summed E-state index contributed by atoms with van der Waals surface area (Å²) >= 11 is 5.99. The summed E-state index contributed by atoms with van der Waals surface area (Å²) in [5, 5.41) is 0. The molecular weight excluding hydrogens is 174 g/mol. The zero-order chi connectivity index (χ0) is 9.35.